The molecule has 0 aliphatic carbocycles. The Morgan fingerprint density at radius 2 is 2.42 bits per heavy atom. The van der Waals surface area contributed by atoms with Crippen molar-refractivity contribution in [3.8, 4) is 0 Å². The fourth-order valence-corrected chi connectivity index (χ4v) is 0.675. The molecule has 0 saturated carbocycles. The molecule has 0 unspecified atom stereocenters. The Morgan fingerprint density at radius 3 is 2.83 bits per heavy atom. The lowest BCUT2D eigenvalue weighted by Gasteiger charge is -1.93. The lowest BCUT2D eigenvalue weighted by atomic mass is 10.4. The molecule has 1 heterocycles. The van der Waals surface area contributed by atoms with Gasteiger partial charge in [0.25, 0.3) is 0 Å². The summed E-state index contributed by atoms with van der Waals surface area (Å²) in [4.78, 5) is 4.11. The molecule has 0 saturated heterocycles. The predicted molar refractivity (Wildman–Crippen MR) is 52.1 cm³/mol. The van der Waals surface area contributed by atoms with Crippen molar-refractivity contribution in [1.82, 2.24) is 10.2 Å². The third-order valence-corrected chi connectivity index (χ3v) is 1.42. The number of aromatic amines is 1. The monoisotopic (exact) mass is 188 g/mol. The number of nitrogens with zero attached hydrogens (tertiary/aromatic N) is 2. The van der Waals surface area contributed by atoms with Crippen molar-refractivity contribution in [3.05, 3.63) is 11.8 Å². The number of aryl methyl sites for hydroxylation is 1. The Bertz CT molecular complexity index is 266. The Kier molecular flexibility index (Phi) is 4.36. The van der Waals surface area contributed by atoms with Gasteiger partial charge in [-0.1, -0.05) is 6.92 Å². The molecule has 3 N–H and O–H groups in total. The van der Waals surface area contributed by atoms with Gasteiger partial charge in [0.1, 0.15) is 5.84 Å². The summed E-state index contributed by atoms with van der Waals surface area (Å²) in [5, 5.41) is 6.57. The number of hydrogen-bond acceptors (Lipinski definition) is 2. The first kappa shape index (κ1) is 11.0. The number of rotatable bonds is 2. The number of hydrogen-bond donors (Lipinski definition) is 2. The van der Waals surface area contributed by atoms with Gasteiger partial charge in [-0.25, -0.2) is 4.99 Å². The summed E-state index contributed by atoms with van der Waals surface area (Å²) in [7, 11) is 0. The lowest BCUT2D eigenvalue weighted by molar-refractivity contribution is 1.08. The van der Waals surface area contributed by atoms with Crippen LogP contribution in [-0.2, 0) is 0 Å². The molecule has 0 radical (unpaired) electrons. The molecule has 0 spiro atoms. The van der Waals surface area contributed by atoms with E-state index in [1.54, 1.807) is 6.20 Å². The van der Waals surface area contributed by atoms with Crippen molar-refractivity contribution in [2.45, 2.75) is 20.3 Å². The molecule has 0 fully saturated rings. The molecule has 0 aromatic carbocycles. The number of nitrogens with one attached hydrogen (secondary N) is 1. The molecule has 5 heteroatoms. The summed E-state index contributed by atoms with van der Waals surface area (Å²) in [6.45, 7) is 3.90. The van der Waals surface area contributed by atoms with Crippen LogP contribution in [0.3, 0.4) is 0 Å². The Labute approximate surface area is 77.7 Å². The van der Waals surface area contributed by atoms with Crippen molar-refractivity contribution < 1.29 is 0 Å². The van der Waals surface area contributed by atoms with E-state index in [4.69, 9.17) is 5.73 Å². The summed E-state index contributed by atoms with van der Waals surface area (Å²) in [6, 6.07) is 0. The topological polar surface area (TPSA) is 67.1 Å². The van der Waals surface area contributed by atoms with Gasteiger partial charge in [-0.3, -0.25) is 5.10 Å². The van der Waals surface area contributed by atoms with Crippen molar-refractivity contribution in [3.63, 3.8) is 0 Å². The van der Waals surface area contributed by atoms with Crippen LogP contribution in [0.5, 0.6) is 0 Å². The van der Waals surface area contributed by atoms with Crippen LogP contribution < -0.4 is 5.73 Å². The van der Waals surface area contributed by atoms with Crippen LogP contribution in [0.1, 0.15) is 18.9 Å². The van der Waals surface area contributed by atoms with Crippen LogP contribution in [-0.4, -0.2) is 16.0 Å². The first-order chi connectivity index (χ1) is 5.24. The average molecular weight is 189 g/mol. The maximum atomic E-state index is 5.54. The number of halogens is 1. The molecule has 0 aliphatic rings. The molecule has 1 aromatic heterocycles. The Hall–Kier alpha value is -1.03. The minimum Gasteiger partial charge on any atom is -0.387 e. The SMILES string of the molecule is CCC(N)=Nc1[nH]ncc1C.Cl. The third kappa shape index (κ3) is 2.54. The second kappa shape index (κ2) is 4.77. The van der Waals surface area contributed by atoms with Crippen LogP contribution >= 0.6 is 12.4 Å². The van der Waals surface area contributed by atoms with Crippen molar-refractivity contribution in [1.29, 1.82) is 0 Å². The first-order valence-electron chi connectivity index (χ1n) is 3.57. The molecule has 0 bridgehead atoms. The summed E-state index contributed by atoms with van der Waals surface area (Å²) in [6.07, 6.45) is 2.49. The molecule has 4 nitrogen and oxygen atoms in total. The van der Waals surface area contributed by atoms with Crippen molar-refractivity contribution in [2.75, 3.05) is 0 Å². The second-order valence-corrected chi connectivity index (χ2v) is 2.36. The molecule has 1 rings (SSSR count). The van der Waals surface area contributed by atoms with Gasteiger partial charge in [0, 0.05) is 12.0 Å². The molecule has 0 atom stereocenters. The van der Waals surface area contributed by atoms with Crippen molar-refractivity contribution >= 4 is 24.1 Å². The van der Waals surface area contributed by atoms with Gasteiger partial charge in [0.2, 0.25) is 0 Å². The zero-order valence-corrected chi connectivity index (χ0v) is 7.98. The van der Waals surface area contributed by atoms with Gasteiger partial charge in [0.05, 0.1) is 6.20 Å². The summed E-state index contributed by atoms with van der Waals surface area (Å²) in [5.74, 6) is 1.38. The summed E-state index contributed by atoms with van der Waals surface area (Å²) in [5.41, 5.74) is 6.55. The predicted octanol–water partition coefficient (Wildman–Crippen LogP) is 1.54. The highest BCUT2D eigenvalue weighted by atomic mass is 35.5. The van der Waals surface area contributed by atoms with E-state index in [9.17, 15) is 0 Å². The third-order valence-electron chi connectivity index (χ3n) is 1.42. The van der Waals surface area contributed by atoms with Crippen molar-refractivity contribution in [2.24, 2.45) is 10.7 Å². The number of H-pyrrole nitrogens is 1. The zero-order chi connectivity index (χ0) is 8.27. The van der Waals surface area contributed by atoms with E-state index < -0.39 is 0 Å². The van der Waals surface area contributed by atoms with Gasteiger partial charge in [-0.2, -0.15) is 5.10 Å². The zero-order valence-electron chi connectivity index (χ0n) is 7.16. The van der Waals surface area contributed by atoms with Gasteiger partial charge in [0.15, 0.2) is 5.82 Å². The maximum Gasteiger partial charge on any atom is 0.152 e. The average Bonchev–Trinajstić information content (AvgIpc) is 2.37. The lowest BCUT2D eigenvalue weighted by Crippen LogP contribution is -2.08. The number of aliphatic imine (C=N–C) groups is 1. The molecule has 12 heavy (non-hydrogen) atoms. The minimum absolute atomic E-state index is 0. The smallest absolute Gasteiger partial charge is 0.152 e. The van der Waals surface area contributed by atoms with E-state index >= 15 is 0 Å². The maximum absolute atomic E-state index is 5.54. The normalized spacial score (nSPS) is 11.0. The van der Waals surface area contributed by atoms with Crippen LogP contribution in [0.25, 0.3) is 0 Å². The first-order valence-corrected chi connectivity index (χ1v) is 3.57. The van der Waals surface area contributed by atoms with Gasteiger partial charge >= 0.3 is 0 Å². The fraction of sp³-hybridized carbons (Fsp3) is 0.429. The molecule has 0 aliphatic heterocycles. The standard InChI is InChI=1S/C7H12N4.ClH/c1-3-6(8)10-7-5(2)4-9-11-7;/h4H,3H2,1-2H3,(H3,8,9,10,11);1H. The fourth-order valence-electron chi connectivity index (χ4n) is 0.675. The molecule has 0 amide bonds. The number of aromatic nitrogens is 2. The Morgan fingerprint density at radius 1 is 1.75 bits per heavy atom. The summed E-state index contributed by atoms with van der Waals surface area (Å²) >= 11 is 0. The van der Waals surface area contributed by atoms with Crippen LogP contribution in [0.15, 0.2) is 11.2 Å². The molecular weight excluding hydrogens is 176 g/mol. The highest BCUT2D eigenvalue weighted by Crippen LogP contribution is 2.12. The number of nitrogens with two attached hydrogens (primary N) is 1. The van der Waals surface area contributed by atoms with E-state index in [1.807, 2.05) is 13.8 Å². The molecule has 68 valence electrons. The van der Waals surface area contributed by atoms with Crippen LogP contribution in [0, 0.1) is 6.92 Å². The molecule has 1 aromatic rings. The number of amidine groups is 1. The van der Waals surface area contributed by atoms with Crippen LogP contribution in [0.2, 0.25) is 0 Å². The highest BCUT2D eigenvalue weighted by molar-refractivity contribution is 5.85. The summed E-state index contributed by atoms with van der Waals surface area (Å²) < 4.78 is 0. The van der Waals surface area contributed by atoms with E-state index in [-0.39, 0.29) is 12.4 Å². The van der Waals surface area contributed by atoms with E-state index in [0.29, 0.717) is 5.84 Å². The van der Waals surface area contributed by atoms with E-state index in [0.717, 1.165) is 17.8 Å². The van der Waals surface area contributed by atoms with E-state index in [1.165, 1.54) is 0 Å². The molecular formula is C7H13ClN4. The van der Waals surface area contributed by atoms with E-state index in [2.05, 4.69) is 15.2 Å². The highest BCUT2D eigenvalue weighted by Gasteiger charge is 1.96. The second-order valence-electron chi connectivity index (χ2n) is 2.36. The van der Waals surface area contributed by atoms with Gasteiger partial charge in [-0.15, -0.1) is 12.4 Å². The van der Waals surface area contributed by atoms with Gasteiger partial charge < -0.3 is 5.73 Å². The van der Waals surface area contributed by atoms with Crippen LogP contribution in [0.4, 0.5) is 5.82 Å². The Balaban J connectivity index is 0.00000121. The van der Waals surface area contributed by atoms with Gasteiger partial charge in [-0.05, 0) is 6.92 Å². The minimum atomic E-state index is 0. The quantitative estimate of drug-likeness (QED) is 0.546. The largest absolute Gasteiger partial charge is 0.387 e.